The summed E-state index contributed by atoms with van der Waals surface area (Å²) in [5.74, 6) is 0.557. The Hall–Kier alpha value is -3.02. The second-order valence-electron chi connectivity index (χ2n) is 7.70. The number of ether oxygens (including phenoxy) is 1. The van der Waals surface area contributed by atoms with Gasteiger partial charge in [0.05, 0.1) is 18.8 Å². The topological polar surface area (TPSA) is 61.9 Å². The molecule has 2 aliphatic rings. The van der Waals surface area contributed by atoms with E-state index >= 15 is 0 Å². The molecule has 6 heteroatoms. The number of carbonyl (C=O) groups excluding carboxylic acids is 2. The summed E-state index contributed by atoms with van der Waals surface area (Å²) in [7, 11) is 0. The van der Waals surface area contributed by atoms with Crippen molar-refractivity contribution in [3.8, 4) is 5.75 Å². The van der Waals surface area contributed by atoms with Gasteiger partial charge in [0.2, 0.25) is 5.91 Å². The molecule has 1 atom stereocenters. The van der Waals surface area contributed by atoms with E-state index in [0.717, 1.165) is 42.9 Å². The fourth-order valence-electron chi connectivity index (χ4n) is 3.98. The number of fused-ring (bicyclic) bond motifs is 1. The van der Waals surface area contributed by atoms with Crippen LogP contribution in [0.3, 0.4) is 0 Å². The van der Waals surface area contributed by atoms with Gasteiger partial charge in [0.15, 0.2) is 6.10 Å². The van der Waals surface area contributed by atoms with E-state index in [9.17, 15) is 9.59 Å². The van der Waals surface area contributed by atoms with Crippen molar-refractivity contribution in [2.45, 2.75) is 32.3 Å². The molecule has 0 bridgehead atoms. The van der Waals surface area contributed by atoms with E-state index in [-0.39, 0.29) is 18.4 Å². The molecule has 0 aliphatic carbocycles. The third kappa shape index (κ3) is 4.36. The first-order valence-corrected chi connectivity index (χ1v) is 10.3. The summed E-state index contributed by atoms with van der Waals surface area (Å²) < 4.78 is 6.03. The van der Waals surface area contributed by atoms with Crippen molar-refractivity contribution < 1.29 is 14.3 Å². The molecule has 6 nitrogen and oxygen atoms in total. The highest BCUT2D eigenvalue weighted by Gasteiger charge is 2.34. The smallest absolute Gasteiger partial charge is 0.265 e. The van der Waals surface area contributed by atoms with Crippen molar-refractivity contribution in [3.05, 3.63) is 54.1 Å². The largest absolute Gasteiger partial charge is 0.477 e. The summed E-state index contributed by atoms with van der Waals surface area (Å²) in [6.07, 6.45) is 2.66. The molecule has 1 fully saturated rings. The highest BCUT2D eigenvalue weighted by molar-refractivity contribution is 5.95. The Kier molecular flexibility index (Phi) is 5.69. The molecule has 2 aromatic rings. The molecule has 1 unspecified atom stereocenters. The van der Waals surface area contributed by atoms with Gasteiger partial charge in [-0.15, -0.1) is 0 Å². The quantitative estimate of drug-likeness (QED) is 0.867. The van der Waals surface area contributed by atoms with Crippen molar-refractivity contribution >= 4 is 23.2 Å². The van der Waals surface area contributed by atoms with Crippen molar-refractivity contribution in [1.29, 1.82) is 0 Å². The van der Waals surface area contributed by atoms with Crippen molar-refractivity contribution in [1.82, 2.24) is 4.90 Å². The summed E-state index contributed by atoms with van der Waals surface area (Å²) >= 11 is 0. The van der Waals surface area contributed by atoms with Crippen molar-refractivity contribution in [2.24, 2.45) is 0 Å². The molecule has 1 saturated heterocycles. The van der Waals surface area contributed by atoms with E-state index in [4.69, 9.17) is 4.74 Å². The number of aryl methyl sites for hydroxylation is 1. The molecule has 152 valence electrons. The predicted octanol–water partition coefficient (Wildman–Crippen LogP) is 3.21. The van der Waals surface area contributed by atoms with E-state index in [0.29, 0.717) is 12.3 Å². The molecule has 0 radical (unpaired) electrons. The molecule has 4 rings (SSSR count). The third-order valence-corrected chi connectivity index (χ3v) is 5.56. The maximum absolute atomic E-state index is 13.0. The van der Waals surface area contributed by atoms with Gasteiger partial charge in [-0.1, -0.05) is 30.3 Å². The standard InChI is InChI=1S/C23H27N3O3/c1-17-9-3-4-10-18(17)24-22(27)16-26-15-21(23(28)25-13-7-2-8-14-25)29-20-12-6-5-11-19(20)26/h3-6,9-12,21H,2,7-8,13-16H2,1H3,(H,24,27). The van der Waals surface area contributed by atoms with Gasteiger partial charge in [0, 0.05) is 18.8 Å². The van der Waals surface area contributed by atoms with Gasteiger partial charge in [-0.05, 0) is 49.9 Å². The van der Waals surface area contributed by atoms with Crippen molar-refractivity contribution in [2.75, 3.05) is 36.4 Å². The minimum absolute atomic E-state index is 0.0171. The van der Waals surface area contributed by atoms with Crippen LogP contribution >= 0.6 is 0 Å². The molecule has 2 amide bonds. The summed E-state index contributed by atoms with van der Waals surface area (Å²) in [5.41, 5.74) is 2.66. The Labute approximate surface area is 171 Å². The van der Waals surface area contributed by atoms with Crippen LogP contribution in [0.5, 0.6) is 5.75 Å². The van der Waals surface area contributed by atoms with Gasteiger partial charge in [-0.25, -0.2) is 0 Å². The minimum atomic E-state index is -0.589. The second-order valence-corrected chi connectivity index (χ2v) is 7.70. The minimum Gasteiger partial charge on any atom is -0.477 e. The number of benzene rings is 2. The maximum Gasteiger partial charge on any atom is 0.265 e. The highest BCUT2D eigenvalue weighted by atomic mass is 16.5. The molecule has 1 N–H and O–H groups in total. The molecular formula is C23H27N3O3. The second kappa shape index (κ2) is 8.55. The van der Waals surface area contributed by atoms with E-state index in [1.54, 1.807) is 0 Å². The molecular weight excluding hydrogens is 366 g/mol. The first-order chi connectivity index (χ1) is 14.1. The van der Waals surface area contributed by atoms with Crippen LogP contribution in [0.4, 0.5) is 11.4 Å². The zero-order valence-electron chi connectivity index (χ0n) is 16.8. The SMILES string of the molecule is Cc1ccccc1NC(=O)CN1CC(C(=O)N2CCCCC2)Oc2ccccc21. The Balaban J connectivity index is 1.49. The lowest BCUT2D eigenvalue weighted by atomic mass is 10.1. The van der Waals surface area contributed by atoms with Crippen LogP contribution < -0.4 is 15.0 Å². The van der Waals surface area contributed by atoms with E-state index < -0.39 is 6.10 Å². The van der Waals surface area contributed by atoms with Crippen LogP contribution in [0.15, 0.2) is 48.5 Å². The monoisotopic (exact) mass is 393 g/mol. The van der Waals surface area contributed by atoms with Crippen molar-refractivity contribution in [3.63, 3.8) is 0 Å². The number of likely N-dealkylation sites (tertiary alicyclic amines) is 1. The summed E-state index contributed by atoms with van der Waals surface area (Å²) in [5, 5.41) is 2.98. The van der Waals surface area contributed by atoms with E-state index in [1.165, 1.54) is 6.42 Å². The molecule has 0 aromatic heterocycles. The lowest BCUT2D eigenvalue weighted by molar-refractivity contribution is -0.139. The Morgan fingerprint density at radius 3 is 2.55 bits per heavy atom. The normalized spacial score (nSPS) is 18.6. The number of hydrogen-bond donors (Lipinski definition) is 1. The highest BCUT2D eigenvalue weighted by Crippen LogP contribution is 2.33. The number of nitrogens with zero attached hydrogens (tertiary/aromatic N) is 2. The van der Waals surface area contributed by atoms with Gasteiger partial charge >= 0.3 is 0 Å². The van der Waals surface area contributed by atoms with Gasteiger partial charge < -0.3 is 19.9 Å². The number of rotatable bonds is 4. The average molecular weight is 393 g/mol. The Bertz CT molecular complexity index is 892. The van der Waals surface area contributed by atoms with Crippen LogP contribution in [-0.2, 0) is 9.59 Å². The third-order valence-electron chi connectivity index (χ3n) is 5.56. The van der Waals surface area contributed by atoms with Crippen LogP contribution in [-0.4, -0.2) is 49.0 Å². The lowest BCUT2D eigenvalue weighted by Crippen LogP contribution is -2.52. The lowest BCUT2D eigenvalue weighted by Gasteiger charge is -2.38. The summed E-state index contributed by atoms with van der Waals surface area (Å²) in [6.45, 7) is 4.07. The van der Waals surface area contributed by atoms with Crippen LogP contribution in [0.25, 0.3) is 0 Å². The number of para-hydroxylation sites is 3. The molecule has 2 aliphatic heterocycles. The van der Waals surface area contributed by atoms with Crippen LogP contribution in [0.2, 0.25) is 0 Å². The number of piperidine rings is 1. The van der Waals surface area contributed by atoms with Gasteiger partial charge in [-0.2, -0.15) is 0 Å². The number of nitrogens with one attached hydrogen (secondary N) is 1. The summed E-state index contributed by atoms with van der Waals surface area (Å²) in [6, 6.07) is 15.3. The zero-order valence-corrected chi connectivity index (χ0v) is 16.8. The number of amides is 2. The maximum atomic E-state index is 13.0. The molecule has 0 saturated carbocycles. The average Bonchev–Trinajstić information content (AvgIpc) is 2.75. The Morgan fingerprint density at radius 2 is 1.76 bits per heavy atom. The molecule has 0 spiro atoms. The number of hydrogen-bond acceptors (Lipinski definition) is 4. The zero-order chi connectivity index (χ0) is 20.2. The molecule has 29 heavy (non-hydrogen) atoms. The van der Waals surface area contributed by atoms with Crippen LogP contribution in [0, 0.1) is 6.92 Å². The van der Waals surface area contributed by atoms with Gasteiger partial charge in [0.1, 0.15) is 5.75 Å². The van der Waals surface area contributed by atoms with Gasteiger partial charge in [0.25, 0.3) is 5.91 Å². The fourth-order valence-corrected chi connectivity index (χ4v) is 3.98. The predicted molar refractivity (Wildman–Crippen MR) is 113 cm³/mol. The first kappa shape index (κ1) is 19.3. The number of anilines is 2. The first-order valence-electron chi connectivity index (χ1n) is 10.3. The van der Waals surface area contributed by atoms with Crippen LogP contribution in [0.1, 0.15) is 24.8 Å². The Morgan fingerprint density at radius 1 is 1.03 bits per heavy atom. The summed E-state index contributed by atoms with van der Waals surface area (Å²) in [4.78, 5) is 29.6. The van der Waals surface area contributed by atoms with E-state index in [1.807, 2.05) is 65.3 Å². The van der Waals surface area contributed by atoms with E-state index in [2.05, 4.69) is 5.32 Å². The number of carbonyl (C=O) groups is 2. The molecule has 2 aromatic carbocycles. The fraction of sp³-hybridized carbons (Fsp3) is 0.391. The molecule has 2 heterocycles. The van der Waals surface area contributed by atoms with Gasteiger partial charge in [-0.3, -0.25) is 9.59 Å².